The number of aliphatic hydroxyl groups excluding tert-OH is 1. The van der Waals surface area contributed by atoms with Crippen molar-refractivity contribution in [3.63, 3.8) is 0 Å². The lowest BCUT2D eigenvalue weighted by Crippen LogP contribution is -2.24. The molecule has 4 nitrogen and oxygen atoms in total. The Morgan fingerprint density at radius 2 is 2.27 bits per heavy atom. The van der Waals surface area contributed by atoms with Crippen LogP contribution in [0.3, 0.4) is 0 Å². The number of hydroxylamine groups is 2. The van der Waals surface area contributed by atoms with Gasteiger partial charge in [-0.15, -0.1) is 0 Å². The van der Waals surface area contributed by atoms with Crippen LogP contribution in [0.25, 0.3) is 0 Å². The Morgan fingerprint density at radius 3 is 2.80 bits per heavy atom. The summed E-state index contributed by atoms with van der Waals surface area (Å²) in [5, 5.41) is 19.0. The molecule has 0 aromatic heterocycles. The van der Waals surface area contributed by atoms with E-state index in [9.17, 15) is 9.90 Å². The van der Waals surface area contributed by atoms with Crippen molar-refractivity contribution >= 4 is 21.8 Å². The normalized spacial score (nSPS) is 12.3. The Labute approximate surface area is 96.2 Å². The molecule has 0 aliphatic carbocycles. The maximum Gasteiger partial charge on any atom is 0.248 e. The number of benzene rings is 1. The summed E-state index contributed by atoms with van der Waals surface area (Å²) >= 11 is 3.27. The van der Waals surface area contributed by atoms with Crippen molar-refractivity contribution in [1.82, 2.24) is 5.06 Å². The van der Waals surface area contributed by atoms with Gasteiger partial charge in [0.2, 0.25) is 5.91 Å². The molecule has 0 aliphatic rings. The third-order valence-electron chi connectivity index (χ3n) is 1.96. The number of hydrogen-bond donors (Lipinski definition) is 2. The van der Waals surface area contributed by atoms with Crippen molar-refractivity contribution in [2.45, 2.75) is 12.5 Å². The molecular formula is C10H12BrNO3. The maximum absolute atomic E-state index is 11.1. The summed E-state index contributed by atoms with van der Waals surface area (Å²) in [6, 6.07) is 7.06. The Balaban J connectivity index is 2.69. The summed E-state index contributed by atoms with van der Waals surface area (Å²) in [5.41, 5.74) is 0.638. The van der Waals surface area contributed by atoms with Crippen LogP contribution in [0.15, 0.2) is 28.7 Å². The van der Waals surface area contributed by atoms with Crippen LogP contribution in [0.2, 0.25) is 0 Å². The molecule has 1 amide bonds. The van der Waals surface area contributed by atoms with E-state index in [0.717, 1.165) is 4.47 Å². The van der Waals surface area contributed by atoms with Gasteiger partial charge in [-0.1, -0.05) is 28.1 Å². The topological polar surface area (TPSA) is 60.8 Å². The van der Waals surface area contributed by atoms with E-state index < -0.39 is 12.0 Å². The van der Waals surface area contributed by atoms with Gasteiger partial charge < -0.3 is 5.11 Å². The van der Waals surface area contributed by atoms with E-state index in [0.29, 0.717) is 10.6 Å². The lowest BCUT2D eigenvalue weighted by molar-refractivity contribution is -0.161. The third kappa shape index (κ3) is 3.62. The minimum Gasteiger partial charge on any atom is -0.388 e. The zero-order valence-corrected chi connectivity index (χ0v) is 9.81. The maximum atomic E-state index is 11.1. The van der Waals surface area contributed by atoms with Crippen LogP contribution in [-0.2, 0) is 4.79 Å². The molecule has 1 aromatic carbocycles. The molecule has 0 spiro atoms. The van der Waals surface area contributed by atoms with Crippen LogP contribution < -0.4 is 0 Å². The van der Waals surface area contributed by atoms with Gasteiger partial charge in [-0.3, -0.25) is 10.0 Å². The standard InChI is InChI=1S/C10H12BrNO3/c1-12(15)10(14)6-9(13)7-3-2-4-8(11)5-7/h2-5,9,13,15H,6H2,1H3. The molecule has 1 unspecified atom stereocenters. The van der Waals surface area contributed by atoms with Gasteiger partial charge in [0, 0.05) is 11.5 Å². The molecule has 0 heterocycles. The second kappa shape index (κ2) is 5.25. The molecule has 1 atom stereocenters. The number of amides is 1. The van der Waals surface area contributed by atoms with Crippen molar-refractivity contribution in [1.29, 1.82) is 0 Å². The number of nitrogens with zero attached hydrogens (tertiary/aromatic N) is 1. The van der Waals surface area contributed by atoms with E-state index in [-0.39, 0.29) is 6.42 Å². The van der Waals surface area contributed by atoms with Gasteiger partial charge >= 0.3 is 0 Å². The fourth-order valence-electron chi connectivity index (χ4n) is 1.13. The molecule has 0 aliphatic heterocycles. The van der Waals surface area contributed by atoms with Crippen LogP contribution in [0.1, 0.15) is 18.1 Å². The largest absolute Gasteiger partial charge is 0.388 e. The first-order chi connectivity index (χ1) is 7.00. The van der Waals surface area contributed by atoms with Crippen LogP contribution in [-0.4, -0.2) is 28.3 Å². The molecule has 2 N–H and O–H groups in total. The highest BCUT2D eigenvalue weighted by Crippen LogP contribution is 2.20. The summed E-state index contributed by atoms with van der Waals surface area (Å²) in [4.78, 5) is 11.1. The lowest BCUT2D eigenvalue weighted by Gasteiger charge is -2.13. The van der Waals surface area contributed by atoms with Gasteiger partial charge in [0.05, 0.1) is 12.5 Å². The minimum atomic E-state index is -0.899. The second-order valence-electron chi connectivity index (χ2n) is 3.19. The Morgan fingerprint density at radius 1 is 1.60 bits per heavy atom. The summed E-state index contributed by atoms with van der Waals surface area (Å²) < 4.78 is 0.837. The van der Waals surface area contributed by atoms with Crippen molar-refractivity contribution in [3.8, 4) is 0 Å². The molecule has 82 valence electrons. The van der Waals surface area contributed by atoms with E-state index in [1.54, 1.807) is 18.2 Å². The second-order valence-corrected chi connectivity index (χ2v) is 4.11. The molecule has 0 fully saturated rings. The quantitative estimate of drug-likeness (QED) is 0.651. The molecule has 0 radical (unpaired) electrons. The average Bonchev–Trinajstić information content (AvgIpc) is 2.17. The molecule has 0 saturated heterocycles. The molecule has 5 heteroatoms. The monoisotopic (exact) mass is 273 g/mol. The smallest absolute Gasteiger partial charge is 0.248 e. The molecule has 15 heavy (non-hydrogen) atoms. The zero-order valence-electron chi connectivity index (χ0n) is 8.22. The van der Waals surface area contributed by atoms with Crippen LogP contribution in [0.4, 0.5) is 0 Å². The van der Waals surface area contributed by atoms with Gasteiger partial charge in [-0.2, -0.15) is 0 Å². The van der Waals surface area contributed by atoms with Crippen molar-refractivity contribution < 1.29 is 15.1 Å². The van der Waals surface area contributed by atoms with E-state index in [2.05, 4.69) is 15.9 Å². The first-order valence-corrected chi connectivity index (χ1v) is 5.19. The number of carbonyl (C=O) groups excluding carboxylic acids is 1. The van der Waals surface area contributed by atoms with Crippen molar-refractivity contribution in [2.24, 2.45) is 0 Å². The summed E-state index contributed by atoms with van der Waals surface area (Å²) in [7, 11) is 1.23. The molecule has 1 aromatic rings. The van der Waals surface area contributed by atoms with E-state index >= 15 is 0 Å². The Hall–Kier alpha value is -0.910. The van der Waals surface area contributed by atoms with E-state index in [4.69, 9.17) is 5.21 Å². The molecule has 0 saturated carbocycles. The lowest BCUT2D eigenvalue weighted by atomic mass is 10.1. The van der Waals surface area contributed by atoms with E-state index in [1.807, 2.05) is 6.07 Å². The van der Waals surface area contributed by atoms with Gasteiger partial charge in [-0.25, -0.2) is 5.06 Å². The van der Waals surface area contributed by atoms with Crippen LogP contribution in [0.5, 0.6) is 0 Å². The highest BCUT2D eigenvalue weighted by atomic mass is 79.9. The minimum absolute atomic E-state index is 0.135. The van der Waals surface area contributed by atoms with Crippen LogP contribution >= 0.6 is 15.9 Å². The van der Waals surface area contributed by atoms with Gasteiger partial charge in [0.25, 0.3) is 0 Å². The fourth-order valence-corrected chi connectivity index (χ4v) is 1.55. The van der Waals surface area contributed by atoms with Gasteiger partial charge in [0.15, 0.2) is 0 Å². The number of halogens is 1. The first-order valence-electron chi connectivity index (χ1n) is 4.39. The summed E-state index contributed by atoms with van der Waals surface area (Å²) in [6.45, 7) is 0. The average molecular weight is 274 g/mol. The Kier molecular flexibility index (Phi) is 4.26. The number of hydrogen-bond acceptors (Lipinski definition) is 3. The van der Waals surface area contributed by atoms with Crippen molar-refractivity contribution in [2.75, 3.05) is 7.05 Å². The first kappa shape index (κ1) is 12.2. The molecular weight excluding hydrogens is 262 g/mol. The SMILES string of the molecule is CN(O)C(=O)CC(O)c1cccc(Br)c1. The number of carbonyl (C=O) groups is 1. The fraction of sp³-hybridized carbons (Fsp3) is 0.300. The van der Waals surface area contributed by atoms with E-state index in [1.165, 1.54) is 7.05 Å². The summed E-state index contributed by atoms with van der Waals surface area (Å²) in [6.07, 6.45) is -1.03. The summed E-state index contributed by atoms with van der Waals surface area (Å²) in [5.74, 6) is -0.525. The van der Waals surface area contributed by atoms with Crippen molar-refractivity contribution in [3.05, 3.63) is 34.3 Å². The van der Waals surface area contributed by atoms with Gasteiger partial charge in [-0.05, 0) is 17.7 Å². The molecule has 0 bridgehead atoms. The van der Waals surface area contributed by atoms with Crippen LogP contribution in [0, 0.1) is 0 Å². The highest BCUT2D eigenvalue weighted by molar-refractivity contribution is 9.10. The highest BCUT2D eigenvalue weighted by Gasteiger charge is 2.15. The number of rotatable bonds is 3. The number of aliphatic hydroxyl groups is 1. The predicted octanol–water partition coefficient (Wildman–Crippen LogP) is 1.72. The Bertz CT molecular complexity index is 354. The predicted molar refractivity (Wildman–Crippen MR) is 58.3 cm³/mol. The third-order valence-corrected chi connectivity index (χ3v) is 2.46. The van der Waals surface area contributed by atoms with Gasteiger partial charge in [0.1, 0.15) is 0 Å². The molecule has 1 rings (SSSR count). The zero-order chi connectivity index (χ0) is 11.4.